The van der Waals surface area contributed by atoms with E-state index in [1.165, 1.54) is 5.56 Å². The Balaban J connectivity index is 1.93. The summed E-state index contributed by atoms with van der Waals surface area (Å²) in [6, 6.07) is 11.6. The van der Waals surface area contributed by atoms with Crippen molar-refractivity contribution in [3.8, 4) is 0 Å². The normalized spacial score (nSPS) is 11.7. The molecule has 1 unspecified atom stereocenters. The van der Waals surface area contributed by atoms with Crippen molar-refractivity contribution in [3.63, 3.8) is 0 Å². The molecule has 2 N–H and O–H groups in total. The fraction of sp³-hybridized carbons (Fsp3) is 0.250. The second kappa shape index (κ2) is 6.70. The Morgan fingerprint density at radius 2 is 2.00 bits per heavy atom. The van der Waals surface area contributed by atoms with E-state index in [4.69, 9.17) is 0 Å². The van der Waals surface area contributed by atoms with E-state index in [1.54, 1.807) is 24.5 Å². The molecule has 1 aromatic heterocycles. The van der Waals surface area contributed by atoms with Gasteiger partial charge in [-0.05, 0) is 36.6 Å². The Bertz CT molecular complexity index is 552. The lowest BCUT2D eigenvalue weighted by molar-refractivity contribution is 0.249. The summed E-state index contributed by atoms with van der Waals surface area (Å²) in [6.45, 7) is 4.09. The molecule has 0 saturated heterocycles. The molecule has 4 nitrogen and oxygen atoms in total. The van der Waals surface area contributed by atoms with Gasteiger partial charge in [0.25, 0.3) is 0 Å². The summed E-state index contributed by atoms with van der Waals surface area (Å²) in [5.41, 5.74) is 3.06. The van der Waals surface area contributed by atoms with E-state index in [2.05, 4.69) is 34.7 Å². The number of hydrogen-bond donors (Lipinski definition) is 2. The Hall–Kier alpha value is -2.36. The van der Waals surface area contributed by atoms with Crippen LogP contribution in [-0.4, -0.2) is 11.0 Å². The van der Waals surface area contributed by atoms with E-state index < -0.39 is 0 Å². The number of benzene rings is 1. The largest absolute Gasteiger partial charge is 0.331 e. The minimum atomic E-state index is -0.231. The second-order valence-corrected chi connectivity index (χ2v) is 4.66. The third-order valence-electron chi connectivity index (χ3n) is 3.15. The Labute approximate surface area is 119 Å². The average Bonchev–Trinajstić information content (AvgIpc) is 2.48. The first-order valence-corrected chi connectivity index (χ1v) is 6.75. The van der Waals surface area contributed by atoms with Crippen molar-refractivity contribution in [3.05, 3.63) is 59.9 Å². The maximum absolute atomic E-state index is 11.9. The maximum Gasteiger partial charge on any atom is 0.319 e. The second-order valence-electron chi connectivity index (χ2n) is 4.66. The first-order chi connectivity index (χ1) is 9.69. The Kier molecular flexibility index (Phi) is 4.71. The predicted molar refractivity (Wildman–Crippen MR) is 80.6 cm³/mol. The molecule has 0 aliphatic rings. The van der Waals surface area contributed by atoms with E-state index in [9.17, 15) is 4.79 Å². The third-order valence-corrected chi connectivity index (χ3v) is 3.15. The molecule has 0 aliphatic heterocycles. The number of anilines is 1. The van der Waals surface area contributed by atoms with Crippen LogP contribution in [0.3, 0.4) is 0 Å². The van der Waals surface area contributed by atoms with Crippen LogP contribution in [0.2, 0.25) is 0 Å². The van der Waals surface area contributed by atoms with Gasteiger partial charge in [-0.3, -0.25) is 4.98 Å². The molecule has 104 valence electrons. The van der Waals surface area contributed by atoms with Crippen molar-refractivity contribution < 1.29 is 4.79 Å². The van der Waals surface area contributed by atoms with E-state index >= 15 is 0 Å². The van der Waals surface area contributed by atoms with Crippen molar-refractivity contribution in [2.75, 3.05) is 5.32 Å². The number of carbonyl (C=O) groups is 1. The fourth-order valence-corrected chi connectivity index (χ4v) is 1.93. The third kappa shape index (κ3) is 3.82. The zero-order chi connectivity index (χ0) is 14.4. The molecule has 2 rings (SSSR count). The number of nitrogens with one attached hydrogen (secondary N) is 2. The summed E-state index contributed by atoms with van der Waals surface area (Å²) in [5, 5.41) is 5.66. The van der Waals surface area contributed by atoms with E-state index in [-0.39, 0.29) is 12.1 Å². The number of aromatic nitrogens is 1. The van der Waals surface area contributed by atoms with Gasteiger partial charge in [0.15, 0.2) is 0 Å². The van der Waals surface area contributed by atoms with Gasteiger partial charge in [0, 0.05) is 6.20 Å². The lowest BCUT2D eigenvalue weighted by Gasteiger charge is -2.15. The van der Waals surface area contributed by atoms with Crippen LogP contribution in [0, 0.1) is 0 Å². The van der Waals surface area contributed by atoms with Crippen molar-refractivity contribution >= 4 is 11.7 Å². The monoisotopic (exact) mass is 269 g/mol. The molecule has 2 amide bonds. The van der Waals surface area contributed by atoms with Crippen LogP contribution in [0.1, 0.15) is 31.0 Å². The van der Waals surface area contributed by atoms with Crippen molar-refractivity contribution in [1.82, 2.24) is 10.3 Å². The molecule has 1 atom stereocenters. The number of pyridine rings is 1. The van der Waals surface area contributed by atoms with E-state index in [0.29, 0.717) is 5.69 Å². The number of rotatable bonds is 4. The molecule has 0 bridgehead atoms. The van der Waals surface area contributed by atoms with Gasteiger partial charge < -0.3 is 10.6 Å². The van der Waals surface area contributed by atoms with Crippen LogP contribution in [0.4, 0.5) is 10.5 Å². The molecule has 1 heterocycles. The number of hydrogen-bond acceptors (Lipinski definition) is 2. The Morgan fingerprint density at radius 3 is 2.60 bits per heavy atom. The number of nitrogens with zero attached hydrogens (tertiary/aromatic N) is 1. The molecule has 0 radical (unpaired) electrons. The number of urea groups is 1. The molecule has 1 aromatic carbocycles. The van der Waals surface area contributed by atoms with Crippen LogP contribution in [0.25, 0.3) is 0 Å². The lowest BCUT2D eigenvalue weighted by Crippen LogP contribution is -2.31. The Morgan fingerprint density at radius 1 is 1.25 bits per heavy atom. The minimum Gasteiger partial charge on any atom is -0.331 e. The van der Waals surface area contributed by atoms with Crippen LogP contribution in [0.5, 0.6) is 0 Å². The molecule has 0 fully saturated rings. The van der Waals surface area contributed by atoms with Crippen molar-refractivity contribution in [2.45, 2.75) is 26.3 Å². The molecular formula is C16H19N3O. The van der Waals surface area contributed by atoms with Crippen LogP contribution in [-0.2, 0) is 6.42 Å². The fourth-order valence-electron chi connectivity index (χ4n) is 1.93. The zero-order valence-electron chi connectivity index (χ0n) is 11.8. The summed E-state index contributed by atoms with van der Waals surface area (Å²) in [7, 11) is 0. The average molecular weight is 269 g/mol. The molecule has 2 aromatic rings. The molecule has 4 heteroatoms. The first-order valence-electron chi connectivity index (χ1n) is 6.75. The van der Waals surface area contributed by atoms with Gasteiger partial charge in [0.2, 0.25) is 0 Å². The molecule has 0 saturated carbocycles. The lowest BCUT2D eigenvalue weighted by atomic mass is 10.1. The van der Waals surface area contributed by atoms with E-state index in [1.807, 2.05) is 19.1 Å². The van der Waals surface area contributed by atoms with Gasteiger partial charge in [-0.25, -0.2) is 4.79 Å². The standard InChI is InChI=1S/C16H19N3O/c1-3-13-6-8-14(9-7-13)12(2)18-16(20)19-15-5-4-10-17-11-15/h4-12H,3H2,1-2H3,(H2,18,19,20). The van der Waals surface area contributed by atoms with Gasteiger partial charge in [-0.1, -0.05) is 31.2 Å². The van der Waals surface area contributed by atoms with Gasteiger partial charge in [0.1, 0.15) is 0 Å². The smallest absolute Gasteiger partial charge is 0.319 e. The van der Waals surface area contributed by atoms with Gasteiger partial charge in [-0.2, -0.15) is 0 Å². The van der Waals surface area contributed by atoms with Gasteiger partial charge in [0.05, 0.1) is 17.9 Å². The number of aryl methyl sites for hydroxylation is 1. The quantitative estimate of drug-likeness (QED) is 0.892. The van der Waals surface area contributed by atoms with Gasteiger partial charge >= 0.3 is 6.03 Å². The van der Waals surface area contributed by atoms with Crippen molar-refractivity contribution in [1.29, 1.82) is 0 Å². The zero-order valence-corrected chi connectivity index (χ0v) is 11.8. The summed E-state index contributed by atoms with van der Waals surface area (Å²) in [5.74, 6) is 0. The SMILES string of the molecule is CCc1ccc(C(C)NC(=O)Nc2cccnc2)cc1. The number of carbonyl (C=O) groups excluding carboxylic acids is 1. The first kappa shape index (κ1) is 14.1. The predicted octanol–water partition coefficient (Wildman–Crippen LogP) is 3.53. The maximum atomic E-state index is 11.9. The minimum absolute atomic E-state index is 0.0439. The van der Waals surface area contributed by atoms with Crippen LogP contribution < -0.4 is 10.6 Å². The van der Waals surface area contributed by atoms with Gasteiger partial charge in [-0.15, -0.1) is 0 Å². The van der Waals surface area contributed by atoms with Crippen LogP contribution >= 0.6 is 0 Å². The highest BCUT2D eigenvalue weighted by Crippen LogP contribution is 2.14. The summed E-state index contributed by atoms with van der Waals surface area (Å²) in [6.07, 6.45) is 4.30. The topological polar surface area (TPSA) is 54.0 Å². The highest BCUT2D eigenvalue weighted by molar-refractivity contribution is 5.89. The van der Waals surface area contributed by atoms with E-state index in [0.717, 1.165) is 12.0 Å². The summed E-state index contributed by atoms with van der Waals surface area (Å²) < 4.78 is 0. The highest BCUT2D eigenvalue weighted by Gasteiger charge is 2.09. The molecule has 0 spiro atoms. The van der Waals surface area contributed by atoms with Crippen molar-refractivity contribution in [2.24, 2.45) is 0 Å². The molecule has 20 heavy (non-hydrogen) atoms. The molecular weight excluding hydrogens is 250 g/mol. The summed E-state index contributed by atoms with van der Waals surface area (Å²) in [4.78, 5) is 15.8. The summed E-state index contributed by atoms with van der Waals surface area (Å²) >= 11 is 0. The van der Waals surface area contributed by atoms with Crippen LogP contribution in [0.15, 0.2) is 48.8 Å². The highest BCUT2D eigenvalue weighted by atomic mass is 16.2. The number of amides is 2. The molecule has 0 aliphatic carbocycles.